The Morgan fingerprint density at radius 2 is 2.18 bits per heavy atom. The number of thiophene rings is 2. The van der Waals surface area contributed by atoms with Crippen LogP contribution in [0.3, 0.4) is 0 Å². The summed E-state index contributed by atoms with van der Waals surface area (Å²) in [5.74, 6) is 0.369. The second-order valence-electron chi connectivity index (χ2n) is 4.72. The van der Waals surface area contributed by atoms with Gasteiger partial charge in [-0.05, 0) is 30.0 Å². The van der Waals surface area contributed by atoms with Crippen LogP contribution in [0.2, 0.25) is 0 Å². The van der Waals surface area contributed by atoms with Crippen LogP contribution < -0.4 is 5.56 Å². The summed E-state index contributed by atoms with van der Waals surface area (Å²) < 4.78 is 2.17. The number of rotatable bonds is 5. The Morgan fingerprint density at radius 1 is 1.36 bits per heavy atom. The minimum atomic E-state index is -0.0562. The minimum absolute atomic E-state index is 0.0562. The van der Waals surface area contributed by atoms with Crippen molar-refractivity contribution >= 4 is 50.4 Å². The normalized spacial score (nSPS) is 11.2. The number of aromatic nitrogens is 2. The van der Waals surface area contributed by atoms with Crippen LogP contribution in [0.15, 0.2) is 33.5 Å². The molecule has 0 aliphatic rings. The Balaban J connectivity index is 1.80. The van der Waals surface area contributed by atoms with E-state index in [0.29, 0.717) is 21.1 Å². The van der Waals surface area contributed by atoms with Gasteiger partial charge >= 0.3 is 0 Å². The van der Waals surface area contributed by atoms with E-state index in [1.165, 1.54) is 43.9 Å². The van der Waals surface area contributed by atoms with Gasteiger partial charge in [0, 0.05) is 11.9 Å². The Kier molecular flexibility index (Phi) is 4.46. The van der Waals surface area contributed by atoms with Crippen molar-refractivity contribution in [2.24, 2.45) is 7.05 Å². The first-order valence-corrected chi connectivity index (χ1v) is 9.47. The monoisotopic (exact) mass is 350 g/mol. The summed E-state index contributed by atoms with van der Waals surface area (Å²) in [6, 6.07) is 5.70. The van der Waals surface area contributed by atoms with Crippen molar-refractivity contribution in [2.75, 3.05) is 5.75 Å². The predicted octanol–water partition coefficient (Wildman–Crippen LogP) is 3.59. The highest BCUT2D eigenvalue weighted by Crippen LogP contribution is 2.23. The molecule has 0 N–H and O–H groups in total. The molecule has 22 heavy (non-hydrogen) atoms. The fourth-order valence-corrected chi connectivity index (χ4v) is 4.65. The Labute approximate surface area is 139 Å². The topological polar surface area (TPSA) is 52.0 Å². The molecule has 3 rings (SSSR count). The summed E-state index contributed by atoms with van der Waals surface area (Å²) in [4.78, 5) is 30.9. The van der Waals surface area contributed by atoms with Crippen molar-refractivity contribution in [1.82, 2.24) is 9.55 Å². The summed E-state index contributed by atoms with van der Waals surface area (Å²) >= 11 is 4.24. The minimum Gasteiger partial charge on any atom is -0.292 e. The van der Waals surface area contributed by atoms with Crippen molar-refractivity contribution in [2.45, 2.75) is 18.5 Å². The lowest BCUT2D eigenvalue weighted by Crippen LogP contribution is -2.19. The Hall–Kier alpha value is -1.44. The lowest BCUT2D eigenvalue weighted by molar-refractivity contribution is 0.102. The first kappa shape index (κ1) is 15.5. The van der Waals surface area contributed by atoms with E-state index in [9.17, 15) is 9.59 Å². The standard InChI is InChI=1S/C15H14N2O2S3/c1-3-9-4-5-12(22-9)11(18)8-21-15-16-10-6-7-20-13(10)14(19)17(15)2/h4-7H,3,8H2,1-2H3. The van der Waals surface area contributed by atoms with Crippen molar-refractivity contribution in [1.29, 1.82) is 0 Å². The predicted molar refractivity (Wildman–Crippen MR) is 93.6 cm³/mol. The van der Waals surface area contributed by atoms with Gasteiger partial charge in [-0.1, -0.05) is 18.7 Å². The number of hydrogen-bond acceptors (Lipinski definition) is 6. The summed E-state index contributed by atoms with van der Waals surface area (Å²) in [5, 5.41) is 2.44. The number of ketones is 1. The van der Waals surface area contributed by atoms with Gasteiger partial charge in [0.1, 0.15) is 4.70 Å². The molecule has 0 unspecified atom stereocenters. The quantitative estimate of drug-likeness (QED) is 0.401. The number of fused-ring (bicyclic) bond motifs is 1. The Morgan fingerprint density at radius 3 is 2.91 bits per heavy atom. The molecule has 0 aromatic carbocycles. The van der Waals surface area contributed by atoms with E-state index in [0.717, 1.165) is 11.3 Å². The second kappa shape index (κ2) is 6.36. The van der Waals surface area contributed by atoms with Gasteiger partial charge in [-0.2, -0.15) is 0 Å². The number of aryl methyl sites for hydroxylation is 1. The summed E-state index contributed by atoms with van der Waals surface area (Å²) in [5.41, 5.74) is 0.645. The largest absolute Gasteiger partial charge is 0.292 e. The third-order valence-electron chi connectivity index (χ3n) is 3.26. The van der Waals surface area contributed by atoms with Crippen LogP contribution in [0, 0.1) is 0 Å². The molecule has 0 fully saturated rings. The number of Topliss-reactive ketones (excluding diaryl/α,β-unsaturated/α-hetero) is 1. The van der Waals surface area contributed by atoms with Crippen LogP contribution in [0.1, 0.15) is 21.5 Å². The molecule has 0 aliphatic heterocycles. The molecular weight excluding hydrogens is 336 g/mol. The third-order valence-corrected chi connectivity index (χ3v) is 6.46. The van der Waals surface area contributed by atoms with Gasteiger partial charge in [0.2, 0.25) is 0 Å². The van der Waals surface area contributed by atoms with E-state index in [1.807, 2.05) is 23.6 Å². The van der Waals surface area contributed by atoms with Gasteiger partial charge in [-0.25, -0.2) is 4.98 Å². The van der Waals surface area contributed by atoms with E-state index in [4.69, 9.17) is 0 Å². The molecule has 7 heteroatoms. The molecule has 0 spiro atoms. The van der Waals surface area contributed by atoms with Crippen LogP contribution in [-0.4, -0.2) is 21.1 Å². The van der Waals surface area contributed by atoms with Crippen LogP contribution in [0.4, 0.5) is 0 Å². The van der Waals surface area contributed by atoms with Crippen LogP contribution in [0.5, 0.6) is 0 Å². The maximum absolute atomic E-state index is 12.2. The molecule has 0 radical (unpaired) electrons. The first-order valence-electron chi connectivity index (χ1n) is 6.79. The van der Waals surface area contributed by atoms with Gasteiger partial charge in [0.05, 0.1) is 16.1 Å². The molecule has 0 saturated heterocycles. The highest BCUT2D eigenvalue weighted by atomic mass is 32.2. The number of carbonyl (C=O) groups excluding carboxylic acids is 1. The maximum atomic E-state index is 12.2. The van der Waals surface area contributed by atoms with Crippen molar-refractivity contribution in [3.05, 3.63) is 43.7 Å². The lowest BCUT2D eigenvalue weighted by atomic mass is 10.3. The molecule has 0 amide bonds. The zero-order chi connectivity index (χ0) is 15.7. The number of nitrogens with zero attached hydrogens (tertiary/aromatic N) is 2. The number of hydrogen-bond donors (Lipinski definition) is 0. The van der Waals surface area contributed by atoms with Gasteiger partial charge in [-0.3, -0.25) is 14.2 Å². The molecule has 3 aromatic rings. The first-order chi connectivity index (χ1) is 10.6. The Bertz CT molecular complexity index is 892. The average Bonchev–Trinajstić information content (AvgIpc) is 3.17. The molecule has 0 bridgehead atoms. The molecule has 0 saturated carbocycles. The van der Waals surface area contributed by atoms with E-state index in [1.54, 1.807) is 7.05 Å². The van der Waals surface area contributed by atoms with Gasteiger partial charge in [0.15, 0.2) is 10.9 Å². The molecule has 114 valence electrons. The van der Waals surface area contributed by atoms with E-state index < -0.39 is 0 Å². The highest BCUT2D eigenvalue weighted by molar-refractivity contribution is 7.99. The summed E-state index contributed by atoms with van der Waals surface area (Å²) in [7, 11) is 1.70. The van der Waals surface area contributed by atoms with Crippen LogP contribution >= 0.6 is 34.4 Å². The van der Waals surface area contributed by atoms with Gasteiger partial charge in [-0.15, -0.1) is 22.7 Å². The van der Waals surface area contributed by atoms with E-state index >= 15 is 0 Å². The van der Waals surface area contributed by atoms with Crippen LogP contribution in [-0.2, 0) is 13.5 Å². The van der Waals surface area contributed by atoms with Gasteiger partial charge < -0.3 is 0 Å². The number of thioether (sulfide) groups is 1. The van der Waals surface area contributed by atoms with Crippen LogP contribution in [0.25, 0.3) is 10.2 Å². The zero-order valence-electron chi connectivity index (χ0n) is 12.2. The lowest BCUT2D eigenvalue weighted by Gasteiger charge is -2.06. The molecule has 4 nitrogen and oxygen atoms in total. The average molecular weight is 350 g/mol. The van der Waals surface area contributed by atoms with E-state index in [2.05, 4.69) is 11.9 Å². The smallest absolute Gasteiger partial charge is 0.271 e. The third kappa shape index (κ3) is 2.88. The summed E-state index contributed by atoms with van der Waals surface area (Å²) in [6.07, 6.45) is 0.940. The molecule has 0 atom stereocenters. The second-order valence-corrected chi connectivity index (χ2v) is 7.75. The zero-order valence-corrected chi connectivity index (χ0v) is 14.6. The van der Waals surface area contributed by atoms with Crippen molar-refractivity contribution in [3.63, 3.8) is 0 Å². The highest BCUT2D eigenvalue weighted by Gasteiger charge is 2.14. The summed E-state index contributed by atoms with van der Waals surface area (Å²) in [6.45, 7) is 2.07. The fourth-order valence-electron chi connectivity index (χ4n) is 2.02. The van der Waals surface area contributed by atoms with E-state index in [-0.39, 0.29) is 11.3 Å². The van der Waals surface area contributed by atoms with Crippen molar-refractivity contribution < 1.29 is 4.79 Å². The molecule has 0 aliphatic carbocycles. The fraction of sp³-hybridized carbons (Fsp3) is 0.267. The molecule has 3 heterocycles. The molecular formula is C15H14N2O2S3. The molecule has 3 aromatic heterocycles. The van der Waals surface area contributed by atoms with Crippen molar-refractivity contribution in [3.8, 4) is 0 Å². The number of carbonyl (C=O) groups is 1. The van der Waals surface area contributed by atoms with Gasteiger partial charge in [0.25, 0.3) is 5.56 Å². The SMILES string of the molecule is CCc1ccc(C(=O)CSc2nc3ccsc3c(=O)n2C)s1. The maximum Gasteiger partial charge on any atom is 0.271 e.